The van der Waals surface area contributed by atoms with E-state index in [0.717, 1.165) is 45.2 Å². The van der Waals surface area contributed by atoms with Gasteiger partial charge >= 0.3 is 0 Å². The Kier molecular flexibility index (Phi) is 9.10. The van der Waals surface area contributed by atoms with Crippen molar-refractivity contribution in [1.82, 2.24) is 5.32 Å². The number of hydrogen-bond donors (Lipinski definition) is 1. The van der Waals surface area contributed by atoms with Crippen molar-refractivity contribution in [3.05, 3.63) is 0 Å². The van der Waals surface area contributed by atoms with Crippen LogP contribution in [0.1, 0.15) is 46.0 Å². The Bertz CT molecular complexity index is 225. The number of hydrogen-bond acceptors (Lipinski definition) is 3. The van der Waals surface area contributed by atoms with Crippen molar-refractivity contribution < 1.29 is 8.42 Å². The van der Waals surface area contributed by atoms with E-state index in [1.807, 2.05) is 0 Å². The molecule has 0 fully saturated rings. The maximum Gasteiger partial charge on any atom is 0.150 e. The highest BCUT2D eigenvalue weighted by atomic mass is 32.2. The van der Waals surface area contributed by atoms with Crippen LogP contribution in [0.5, 0.6) is 0 Å². The van der Waals surface area contributed by atoms with Crippen LogP contribution in [0, 0.1) is 0 Å². The van der Waals surface area contributed by atoms with Crippen LogP contribution < -0.4 is 5.32 Å². The van der Waals surface area contributed by atoms with Gasteiger partial charge in [-0.2, -0.15) is 0 Å². The van der Waals surface area contributed by atoms with E-state index >= 15 is 0 Å². The lowest BCUT2D eigenvalue weighted by Gasteiger charge is -2.04. The minimum absolute atomic E-state index is 0.363. The van der Waals surface area contributed by atoms with E-state index in [1.165, 1.54) is 0 Å². The molecule has 0 spiro atoms. The second kappa shape index (κ2) is 9.16. The molecule has 0 aliphatic carbocycles. The molecule has 0 saturated carbocycles. The fourth-order valence-electron chi connectivity index (χ4n) is 1.42. The van der Waals surface area contributed by atoms with Crippen molar-refractivity contribution in [1.29, 1.82) is 0 Å². The summed E-state index contributed by atoms with van der Waals surface area (Å²) in [7, 11) is -2.77. The molecule has 3 nitrogen and oxygen atoms in total. The van der Waals surface area contributed by atoms with Gasteiger partial charge in [-0.3, -0.25) is 0 Å². The highest BCUT2D eigenvalue weighted by molar-refractivity contribution is 7.91. The molecule has 0 aromatic carbocycles. The summed E-state index contributed by atoms with van der Waals surface area (Å²) in [6.07, 6.45) is 4.68. The standard InChI is InChI=1S/C11H25NO2S/c1-3-5-7-10-15(13,14)11-8-6-9-12-4-2/h12H,3-11H2,1-2H3. The zero-order valence-corrected chi connectivity index (χ0v) is 10.9. The predicted molar refractivity (Wildman–Crippen MR) is 66.0 cm³/mol. The molecule has 0 saturated heterocycles. The summed E-state index contributed by atoms with van der Waals surface area (Å²) in [5.41, 5.74) is 0. The first-order chi connectivity index (χ1) is 7.12. The number of rotatable bonds is 10. The summed E-state index contributed by atoms with van der Waals surface area (Å²) in [6, 6.07) is 0. The third-order valence-electron chi connectivity index (χ3n) is 2.37. The third-order valence-corrected chi connectivity index (χ3v) is 4.19. The maximum atomic E-state index is 11.5. The minimum atomic E-state index is -2.77. The largest absolute Gasteiger partial charge is 0.317 e. The van der Waals surface area contributed by atoms with Crippen LogP contribution in [-0.2, 0) is 9.84 Å². The molecular weight excluding hydrogens is 210 g/mol. The molecule has 0 heterocycles. The van der Waals surface area contributed by atoms with Crippen LogP contribution in [-0.4, -0.2) is 33.0 Å². The van der Waals surface area contributed by atoms with Gasteiger partial charge in [-0.15, -0.1) is 0 Å². The van der Waals surface area contributed by atoms with Gasteiger partial charge in [0.15, 0.2) is 0 Å². The van der Waals surface area contributed by atoms with Crippen LogP contribution in [0.25, 0.3) is 0 Å². The van der Waals surface area contributed by atoms with E-state index < -0.39 is 9.84 Å². The second-order valence-corrected chi connectivity index (χ2v) is 6.22. The van der Waals surface area contributed by atoms with Crippen LogP contribution in [0.2, 0.25) is 0 Å². The van der Waals surface area contributed by atoms with Crippen molar-refractivity contribution in [3.8, 4) is 0 Å². The quantitative estimate of drug-likeness (QED) is 0.589. The van der Waals surface area contributed by atoms with Crippen molar-refractivity contribution >= 4 is 9.84 Å². The monoisotopic (exact) mass is 235 g/mol. The molecule has 0 radical (unpaired) electrons. The first kappa shape index (κ1) is 14.9. The Morgan fingerprint density at radius 1 is 0.933 bits per heavy atom. The predicted octanol–water partition coefficient (Wildman–Crippen LogP) is 1.98. The molecule has 0 amide bonds. The van der Waals surface area contributed by atoms with Gasteiger partial charge in [0.1, 0.15) is 9.84 Å². The van der Waals surface area contributed by atoms with E-state index in [9.17, 15) is 8.42 Å². The van der Waals surface area contributed by atoms with Crippen molar-refractivity contribution in [2.75, 3.05) is 24.6 Å². The van der Waals surface area contributed by atoms with E-state index in [2.05, 4.69) is 19.2 Å². The van der Waals surface area contributed by atoms with Gasteiger partial charge in [0, 0.05) is 0 Å². The van der Waals surface area contributed by atoms with Crippen LogP contribution in [0.3, 0.4) is 0 Å². The van der Waals surface area contributed by atoms with Crippen molar-refractivity contribution in [3.63, 3.8) is 0 Å². The molecule has 0 aromatic rings. The van der Waals surface area contributed by atoms with Gasteiger partial charge in [0.05, 0.1) is 11.5 Å². The number of nitrogens with one attached hydrogen (secondary N) is 1. The summed E-state index contributed by atoms with van der Waals surface area (Å²) in [4.78, 5) is 0. The van der Waals surface area contributed by atoms with Gasteiger partial charge in [-0.1, -0.05) is 26.7 Å². The average molecular weight is 235 g/mol. The molecule has 0 atom stereocenters. The fraction of sp³-hybridized carbons (Fsp3) is 1.00. The maximum absolute atomic E-state index is 11.5. The van der Waals surface area contributed by atoms with Gasteiger partial charge in [0.25, 0.3) is 0 Å². The lowest BCUT2D eigenvalue weighted by atomic mass is 10.3. The SMILES string of the molecule is CCCCCS(=O)(=O)CCCCNCC. The molecule has 92 valence electrons. The first-order valence-electron chi connectivity index (χ1n) is 6.03. The van der Waals surface area contributed by atoms with E-state index in [4.69, 9.17) is 0 Å². The van der Waals surface area contributed by atoms with Gasteiger partial charge in [-0.05, 0) is 32.4 Å². The molecular formula is C11H25NO2S. The van der Waals surface area contributed by atoms with Crippen molar-refractivity contribution in [2.24, 2.45) is 0 Å². The van der Waals surface area contributed by atoms with Crippen LogP contribution in [0.15, 0.2) is 0 Å². The Morgan fingerprint density at radius 3 is 2.07 bits per heavy atom. The van der Waals surface area contributed by atoms with Crippen molar-refractivity contribution in [2.45, 2.75) is 46.0 Å². The summed E-state index contributed by atoms with van der Waals surface area (Å²) in [5, 5.41) is 3.19. The highest BCUT2D eigenvalue weighted by Gasteiger charge is 2.09. The summed E-state index contributed by atoms with van der Waals surface area (Å²) in [5.74, 6) is 0.740. The zero-order chi connectivity index (χ0) is 11.6. The number of unbranched alkanes of at least 4 members (excludes halogenated alkanes) is 3. The molecule has 15 heavy (non-hydrogen) atoms. The molecule has 1 N–H and O–H groups in total. The minimum Gasteiger partial charge on any atom is -0.317 e. The van der Waals surface area contributed by atoms with Gasteiger partial charge < -0.3 is 5.32 Å². The van der Waals surface area contributed by atoms with Crippen LogP contribution >= 0.6 is 0 Å². The molecule has 0 aliphatic heterocycles. The summed E-state index contributed by atoms with van der Waals surface area (Å²) < 4.78 is 23.0. The fourth-order valence-corrected chi connectivity index (χ4v) is 2.91. The summed E-state index contributed by atoms with van der Waals surface area (Å²) in [6.45, 7) is 6.04. The molecule has 4 heteroatoms. The lowest BCUT2D eigenvalue weighted by molar-refractivity contribution is 0.583. The normalized spacial score (nSPS) is 11.9. The van der Waals surface area contributed by atoms with E-state index in [0.29, 0.717) is 11.5 Å². The van der Waals surface area contributed by atoms with E-state index in [1.54, 1.807) is 0 Å². The second-order valence-electron chi connectivity index (χ2n) is 3.92. The third kappa shape index (κ3) is 10.2. The number of sulfone groups is 1. The lowest BCUT2D eigenvalue weighted by Crippen LogP contribution is -2.16. The Balaban J connectivity index is 3.47. The average Bonchev–Trinajstić information content (AvgIpc) is 2.17. The molecule has 0 rings (SSSR count). The Hall–Kier alpha value is -0.0900. The Labute approximate surface area is 94.6 Å². The van der Waals surface area contributed by atoms with Gasteiger partial charge in [-0.25, -0.2) is 8.42 Å². The molecule has 0 unspecified atom stereocenters. The smallest absolute Gasteiger partial charge is 0.150 e. The summed E-state index contributed by atoms with van der Waals surface area (Å²) >= 11 is 0. The Morgan fingerprint density at radius 2 is 1.53 bits per heavy atom. The topological polar surface area (TPSA) is 46.2 Å². The van der Waals surface area contributed by atoms with Crippen LogP contribution in [0.4, 0.5) is 0 Å². The first-order valence-corrected chi connectivity index (χ1v) is 7.85. The molecule has 0 bridgehead atoms. The van der Waals surface area contributed by atoms with Gasteiger partial charge in [0.2, 0.25) is 0 Å². The highest BCUT2D eigenvalue weighted by Crippen LogP contribution is 2.02. The zero-order valence-electron chi connectivity index (χ0n) is 10.1. The van der Waals surface area contributed by atoms with E-state index in [-0.39, 0.29) is 0 Å². The molecule has 0 aliphatic rings. The molecule has 0 aromatic heterocycles.